The Morgan fingerprint density at radius 3 is 1.06 bits per heavy atom. The summed E-state index contributed by atoms with van der Waals surface area (Å²) >= 11 is 0. The van der Waals surface area contributed by atoms with Crippen LogP contribution in [0.5, 0.6) is 0 Å². The van der Waals surface area contributed by atoms with Gasteiger partial charge in [0.25, 0.3) is 20.2 Å². The second-order valence-corrected chi connectivity index (χ2v) is 11.7. The van der Waals surface area contributed by atoms with Gasteiger partial charge in [0.1, 0.15) is 8.16 Å². The molecule has 0 radical (unpaired) electrons. The van der Waals surface area contributed by atoms with Crippen LogP contribution < -0.4 is 0 Å². The molecule has 0 aromatic carbocycles. The Balaban J connectivity index is 4.86. The summed E-state index contributed by atoms with van der Waals surface area (Å²) in [5.41, 5.74) is 0. The number of rotatable bonds is 5. The lowest BCUT2D eigenvalue weighted by molar-refractivity contribution is 0.466. The molecule has 0 saturated carbocycles. The van der Waals surface area contributed by atoms with E-state index in [0.717, 1.165) is 0 Å². The topological polar surface area (TPSA) is 109 Å². The highest BCUT2D eigenvalue weighted by Gasteiger charge is 2.40. The molecule has 0 heterocycles. The fraction of sp³-hybridized carbons (Fsp3) is 1.00. The van der Waals surface area contributed by atoms with E-state index in [9.17, 15) is 16.8 Å². The normalized spacial score (nSPS) is 15.1. The van der Waals surface area contributed by atoms with Gasteiger partial charge in [0.15, 0.2) is 0 Å². The van der Waals surface area contributed by atoms with E-state index < -0.39 is 28.4 Å². The van der Waals surface area contributed by atoms with E-state index in [1.807, 2.05) is 0 Å². The van der Waals surface area contributed by atoms with E-state index in [4.69, 9.17) is 9.11 Å². The van der Waals surface area contributed by atoms with Gasteiger partial charge in [0.2, 0.25) is 0 Å². The van der Waals surface area contributed by atoms with Gasteiger partial charge in [-0.05, 0) is 27.7 Å². The standard InChI is InChI=1S/C6H14O6S4/c1-5(2,15(7,8)9)13-14-6(3,4)16(10,11)12/h1-4H3,(H,7,8,9)(H,10,11,12). The highest BCUT2D eigenvalue weighted by atomic mass is 33.1. The Kier molecular flexibility index (Phi) is 4.80. The van der Waals surface area contributed by atoms with Gasteiger partial charge in [0.05, 0.1) is 0 Å². The lowest BCUT2D eigenvalue weighted by Crippen LogP contribution is -2.30. The van der Waals surface area contributed by atoms with Crippen molar-refractivity contribution in [2.45, 2.75) is 35.9 Å². The maximum Gasteiger partial charge on any atom is 0.280 e. The monoisotopic (exact) mass is 310 g/mol. The van der Waals surface area contributed by atoms with Gasteiger partial charge in [-0.25, -0.2) is 0 Å². The maximum absolute atomic E-state index is 10.9. The van der Waals surface area contributed by atoms with Crippen molar-refractivity contribution in [3.63, 3.8) is 0 Å². The van der Waals surface area contributed by atoms with E-state index in [1.54, 1.807) is 0 Å². The van der Waals surface area contributed by atoms with Crippen molar-refractivity contribution in [3.8, 4) is 0 Å². The largest absolute Gasteiger partial charge is 0.284 e. The van der Waals surface area contributed by atoms with Crippen molar-refractivity contribution in [1.29, 1.82) is 0 Å². The van der Waals surface area contributed by atoms with Crippen LogP contribution in [0.1, 0.15) is 27.7 Å². The molecule has 0 fully saturated rings. The van der Waals surface area contributed by atoms with Crippen LogP contribution in [-0.4, -0.2) is 34.1 Å². The first-order valence-corrected chi connectivity index (χ1v) is 9.04. The van der Waals surface area contributed by atoms with E-state index in [0.29, 0.717) is 21.6 Å². The highest BCUT2D eigenvalue weighted by Crippen LogP contribution is 2.47. The minimum atomic E-state index is -4.30. The molecule has 0 aliphatic heterocycles. The Morgan fingerprint density at radius 1 is 0.750 bits per heavy atom. The molecule has 0 saturated heterocycles. The third-order valence-corrected chi connectivity index (χ3v) is 10.2. The van der Waals surface area contributed by atoms with Gasteiger partial charge in [-0.2, -0.15) is 16.8 Å². The van der Waals surface area contributed by atoms with Crippen LogP contribution in [0.3, 0.4) is 0 Å². The molecule has 16 heavy (non-hydrogen) atoms. The highest BCUT2D eigenvalue weighted by molar-refractivity contribution is 8.80. The molecule has 0 amide bonds. The molecule has 0 spiro atoms. The minimum Gasteiger partial charge on any atom is -0.284 e. The fourth-order valence-electron chi connectivity index (χ4n) is 0.287. The van der Waals surface area contributed by atoms with Crippen LogP contribution in [0, 0.1) is 0 Å². The summed E-state index contributed by atoms with van der Waals surface area (Å²) in [6, 6.07) is 0. The molecule has 0 rings (SSSR count). The van der Waals surface area contributed by atoms with Crippen molar-refractivity contribution in [3.05, 3.63) is 0 Å². The van der Waals surface area contributed by atoms with Gasteiger partial charge in [0, 0.05) is 0 Å². The molecule has 0 aliphatic rings. The average molecular weight is 310 g/mol. The summed E-state index contributed by atoms with van der Waals surface area (Å²) in [4.78, 5) is 0. The smallest absolute Gasteiger partial charge is 0.280 e. The Morgan fingerprint density at radius 2 is 0.938 bits per heavy atom. The second kappa shape index (κ2) is 4.65. The first-order valence-electron chi connectivity index (χ1n) is 4.01. The SMILES string of the molecule is CC(C)(SSC(C)(C)S(=O)(=O)O)S(=O)(=O)O. The fourth-order valence-corrected chi connectivity index (χ4v) is 4.74. The zero-order valence-corrected chi connectivity index (χ0v) is 12.4. The van der Waals surface area contributed by atoms with Gasteiger partial charge in [-0.3, -0.25) is 9.11 Å². The average Bonchev–Trinajstić information content (AvgIpc) is 1.97. The van der Waals surface area contributed by atoms with E-state index in [1.165, 1.54) is 27.7 Å². The molecule has 0 aromatic rings. The number of hydrogen-bond acceptors (Lipinski definition) is 6. The first kappa shape index (κ1) is 16.5. The maximum atomic E-state index is 10.9. The summed E-state index contributed by atoms with van der Waals surface area (Å²) in [6.45, 7) is 4.94. The molecule has 0 aliphatic carbocycles. The molecule has 0 aromatic heterocycles. The Hall–Kier alpha value is 0.520. The molecule has 0 bridgehead atoms. The lowest BCUT2D eigenvalue weighted by Gasteiger charge is -2.25. The van der Waals surface area contributed by atoms with E-state index in [2.05, 4.69) is 0 Å². The molecular weight excluding hydrogens is 296 g/mol. The van der Waals surface area contributed by atoms with Crippen molar-refractivity contribution in [1.82, 2.24) is 0 Å². The van der Waals surface area contributed by atoms with Gasteiger partial charge < -0.3 is 0 Å². The van der Waals surface area contributed by atoms with Crippen LogP contribution in [0.25, 0.3) is 0 Å². The summed E-state index contributed by atoms with van der Waals surface area (Å²) < 4.78 is 58.3. The van der Waals surface area contributed by atoms with Crippen LogP contribution >= 0.6 is 21.6 Å². The third kappa shape index (κ3) is 4.08. The summed E-state index contributed by atoms with van der Waals surface area (Å²) in [5.74, 6) is 0. The first-order chi connectivity index (χ1) is 6.71. The predicted molar refractivity (Wildman–Crippen MR) is 66.4 cm³/mol. The van der Waals surface area contributed by atoms with Crippen molar-refractivity contribution >= 4 is 41.8 Å². The minimum absolute atomic E-state index is 0.659. The third-order valence-electron chi connectivity index (χ3n) is 1.69. The summed E-state index contributed by atoms with van der Waals surface area (Å²) in [5, 5.41) is 0. The zero-order chi connectivity index (χ0) is 13.4. The molecule has 0 unspecified atom stereocenters. The molecule has 0 atom stereocenters. The predicted octanol–water partition coefficient (Wildman–Crippen LogP) is 1.62. The van der Waals surface area contributed by atoms with Gasteiger partial charge in [-0.1, -0.05) is 21.6 Å². The summed E-state index contributed by atoms with van der Waals surface area (Å²) in [6.07, 6.45) is 0. The second-order valence-electron chi connectivity index (χ2n) is 3.92. The lowest BCUT2D eigenvalue weighted by atomic mass is 10.5. The molecule has 98 valence electrons. The number of hydrogen-bond donors (Lipinski definition) is 2. The van der Waals surface area contributed by atoms with Gasteiger partial charge in [-0.15, -0.1) is 0 Å². The molecular formula is C6H14O6S4. The van der Waals surface area contributed by atoms with Crippen molar-refractivity contribution in [2.24, 2.45) is 0 Å². The van der Waals surface area contributed by atoms with Crippen molar-refractivity contribution < 1.29 is 25.9 Å². The Labute approximate surface area is 103 Å². The zero-order valence-electron chi connectivity index (χ0n) is 9.16. The molecule has 2 N–H and O–H groups in total. The van der Waals surface area contributed by atoms with Crippen LogP contribution in [-0.2, 0) is 20.2 Å². The van der Waals surface area contributed by atoms with Crippen molar-refractivity contribution in [2.75, 3.05) is 0 Å². The summed E-state index contributed by atoms with van der Waals surface area (Å²) in [7, 11) is -7.29. The molecule has 10 heteroatoms. The van der Waals surface area contributed by atoms with E-state index in [-0.39, 0.29) is 0 Å². The van der Waals surface area contributed by atoms with Crippen LogP contribution in [0.4, 0.5) is 0 Å². The quantitative estimate of drug-likeness (QED) is 0.582. The van der Waals surface area contributed by atoms with Crippen LogP contribution in [0.15, 0.2) is 0 Å². The van der Waals surface area contributed by atoms with Gasteiger partial charge >= 0.3 is 0 Å². The molecule has 6 nitrogen and oxygen atoms in total. The Bertz CT molecular complexity index is 401. The van der Waals surface area contributed by atoms with E-state index >= 15 is 0 Å². The van der Waals surface area contributed by atoms with Crippen LogP contribution in [0.2, 0.25) is 0 Å².